The van der Waals surface area contributed by atoms with Gasteiger partial charge in [0, 0.05) is 31.2 Å². The van der Waals surface area contributed by atoms with E-state index in [2.05, 4.69) is 21.1 Å². The highest BCUT2D eigenvalue weighted by molar-refractivity contribution is 5.81. The molecular formula is C25H23F2N3O5. The van der Waals surface area contributed by atoms with E-state index in [1.165, 1.54) is 6.07 Å². The Bertz CT molecular complexity index is 1270. The molecule has 182 valence electrons. The molecule has 5 rings (SSSR count). The van der Waals surface area contributed by atoms with Gasteiger partial charge in [0.2, 0.25) is 5.91 Å². The maximum atomic E-state index is 12.9. The molecule has 0 aliphatic carbocycles. The number of ether oxygens (including phenoxy) is 3. The van der Waals surface area contributed by atoms with E-state index in [0.29, 0.717) is 55.2 Å². The van der Waals surface area contributed by atoms with Gasteiger partial charge in [-0.3, -0.25) is 4.79 Å². The highest BCUT2D eigenvalue weighted by Crippen LogP contribution is 2.37. The van der Waals surface area contributed by atoms with Gasteiger partial charge in [0.1, 0.15) is 17.7 Å². The molecule has 1 aromatic heterocycles. The van der Waals surface area contributed by atoms with E-state index in [4.69, 9.17) is 13.9 Å². The molecule has 1 amide bonds. The molecule has 2 aromatic carbocycles. The molecule has 3 atom stereocenters. The smallest absolute Gasteiger partial charge is 0.387 e. The summed E-state index contributed by atoms with van der Waals surface area (Å²) in [5, 5.41) is 12.2. The summed E-state index contributed by atoms with van der Waals surface area (Å²) in [4.78, 5) is 17.0. The highest BCUT2D eigenvalue weighted by atomic mass is 19.3. The number of benzene rings is 2. The Kier molecular flexibility index (Phi) is 6.51. The molecule has 10 heteroatoms. The molecule has 2 saturated heterocycles. The Balaban J connectivity index is 1.35. The van der Waals surface area contributed by atoms with Crippen molar-refractivity contribution in [2.24, 2.45) is 5.92 Å². The summed E-state index contributed by atoms with van der Waals surface area (Å²) in [5.74, 6) is -0.00584. The number of piperidine rings is 1. The Morgan fingerprint density at radius 2 is 2.14 bits per heavy atom. The van der Waals surface area contributed by atoms with Gasteiger partial charge in [-0.2, -0.15) is 14.0 Å². The summed E-state index contributed by atoms with van der Waals surface area (Å²) < 4.78 is 47.5. The topological polar surface area (TPSA) is 107 Å². The molecule has 2 aliphatic heterocycles. The number of nitrogens with zero attached hydrogens (tertiary/aromatic N) is 2. The number of amides is 1. The fourth-order valence-electron chi connectivity index (χ4n) is 4.56. The summed E-state index contributed by atoms with van der Waals surface area (Å²) >= 11 is 0. The number of carbonyl (C=O) groups is 1. The van der Waals surface area contributed by atoms with Crippen LogP contribution in [0.15, 0.2) is 40.8 Å². The Labute approximate surface area is 199 Å². The first-order valence-corrected chi connectivity index (χ1v) is 11.4. The third-order valence-electron chi connectivity index (χ3n) is 6.30. The van der Waals surface area contributed by atoms with Crippen LogP contribution in [0.5, 0.6) is 11.5 Å². The molecule has 8 nitrogen and oxygen atoms in total. The van der Waals surface area contributed by atoms with Gasteiger partial charge in [-0.15, -0.1) is 0 Å². The first-order valence-electron chi connectivity index (χ1n) is 11.4. The number of aromatic nitrogens is 1. The van der Waals surface area contributed by atoms with Crippen molar-refractivity contribution in [3.05, 3.63) is 53.4 Å². The Morgan fingerprint density at radius 3 is 2.91 bits per heavy atom. The molecule has 0 radical (unpaired) electrons. The molecular weight excluding hydrogens is 460 g/mol. The lowest BCUT2D eigenvalue weighted by molar-refractivity contribution is -0.127. The molecule has 0 unspecified atom stereocenters. The number of oxazole rings is 1. The third-order valence-corrected chi connectivity index (χ3v) is 6.30. The molecule has 3 heterocycles. The first-order chi connectivity index (χ1) is 17.0. The number of hydrogen-bond acceptors (Lipinski definition) is 7. The minimum Gasteiger partial charge on any atom is -0.484 e. The lowest BCUT2D eigenvalue weighted by Crippen LogP contribution is -2.41. The van der Waals surface area contributed by atoms with Gasteiger partial charge in [0.15, 0.2) is 23.0 Å². The number of fused-ring (bicyclic) bond motifs is 1. The van der Waals surface area contributed by atoms with Gasteiger partial charge in [-0.25, -0.2) is 4.98 Å². The van der Waals surface area contributed by atoms with Crippen LogP contribution in [0, 0.1) is 17.2 Å². The van der Waals surface area contributed by atoms with E-state index in [-0.39, 0.29) is 35.8 Å². The van der Waals surface area contributed by atoms with Gasteiger partial charge in [0.25, 0.3) is 0 Å². The van der Waals surface area contributed by atoms with Crippen molar-refractivity contribution in [3.63, 3.8) is 0 Å². The number of alkyl halides is 2. The average Bonchev–Trinajstić information content (AvgIpc) is 3.50. The van der Waals surface area contributed by atoms with Crippen molar-refractivity contribution in [1.29, 1.82) is 5.26 Å². The standard InChI is InChI=1S/C25H23F2N3O5/c26-25(27)35-19-5-4-14(9-21(19)33-18-6-7-32-13-18)17-8-16(24(31)29-12-17)10-22-30-23-15(11-28)2-1-3-20(23)34-22/h1-5,9,16-18,25H,6-8,10,12-13H2,(H,29,31)/t16-,17+,18-/m0/s1. The van der Waals surface area contributed by atoms with Crippen LogP contribution in [0.25, 0.3) is 11.1 Å². The van der Waals surface area contributed by atoms with Gasteiger partial charge >= 0.3 is 6.61 Å². The first kappa shape index (κ1) is 23.1. The summed E-state index contributed by atoms with van der Waals surface area (Å²) in [5.41, 5.74) is 2.23. The summed E-state index contributed by atoms with van der Waals surface area (Å²) in [6.45, 7) is -1.63. The van der Waals surface area contributed by atoms with Crippen molar-refractivity contribution >= 4 is 17.0 Å². The molecule has 35 heavy (non-hydrogen) atoms. The van der Waals surface area contributed by atoms with Crippen molar-refractivity contribution in [2.75, 3.05) is 19.8 Å². The van der Waals surface area contributed by atoms with E-state index in [1.54, 1.807) is 30.3 Å². The minimum absolute atomic E-state index is 0.0354. The van der Waals surface area contributed by atoms with Gasteiger partial charge in [0.05, 0.1) is 18.8 Å². The van der Waals surface area contributed by atoms with E-state index in [0.717, 1.165) is 5.56 Å². The molecule has 0 spiro atoms. The second-order valence-electron chi connectivity index (χ2n) is 8.64. The maximum Gasteiger partial charge on any atom is 0.387 e. The van der Waals surface area contributed by atoms with Crippen molar-refractivity contribution in [2.45, 2.75) is 37.9 Å². The number of para-hydroxylation sites is 1. The zero-order valence-corrected chi connectivity index (χ0v) is 18.7. The highest BCUT2D eigenvalue weighted by Gasteiger charge is 2.32. The lowest BCUT2D eigenvalue weighted by Gasteiger charge is -2.29. The van der Waals surface area contributed by atoms with Gasteiger partial charge in [-0.05, 0) is 36.2 Å². The normalized spacial score (nSPS) is 22.2. The molecule has 2 aliphatic rings. The zero-order chi connectivity index (χ0) is 24.4. The zero-order valence-electron chi connectivity index (χ0n) is 18.7. The van der Waals surface area contributed by atoms with Crippen LogP contribution in [-0.2, 0) is 16.0 Å². The Morgan fingerprint density at radius 1 is 1.26 bits per heavy atom. The van der Waals surface area contributed by atoms with Crippen LogP contribution in [0.2, 0.25) is 0 Å². The van der Waals surface area contributed by atoms with Crippen LogP contribution < -0.4 is 14.8 Å². The van der Waals surface area contributed by atoms with Gasteiger partial charge < -0.3 is 23.9 Å². The maximum absolute atomic E-state index is 12.9. The fourth-order valence-corrected chi connectivity index (χ4v) is 4.56. The van der Waals surface area contributed by atoms with E-state index in [9.17, 15) is 18.8 Å². The Hall–Kier alpha value is -3.71. The summed E-state index contributed by atoms with van der Waals surface area (Å²) in [6, 6.07) is 12.1. The number of halogens is 2. The summed E-state index contributed by atoms with van der Waals surface area (Å²) in [7, 11) is 0. The molecule has 1 N–H and O–H groups in total. The van der Waals surface area contributed by atoms with Crippen LogP contribution in [0.1, 0.15) is 35.8 Å². The molecule has 2 fully saturated rings. The predicted octanol–water partition coefficient (Wildman–Crippen LogP) is 3.93. The molecule has 3 aromatic rings. The van der Waals surface area contributed by atoms with Crippen molar-refractivity contribution < 1.29 is 32.2 Å². The second-order valence-corrected chi connectivity index (χ2v) is 8.64. The SMILES string of the molecule is N#Cc1cccc2oc(C[C@@H]3C[C@@H](c4ccc(OC(F)F)c(O[C@H]5CCOC5)c4)CNC3=O)nc12. The number of rotatable bonds is 7. The van der Waals surface area contributed by atoms with Crippen LogP contribution in [0.3, 0.4) is 0 Å². The fraction of sp³-hybridized carbons (Fsp3) is 0.400. The lowest BCUT2D eigenvalue weighted by atomic mass is 9.83. The molecule has 0 saturated carbocycles. The molecule has 0 bridgehead atoms. The number of nitrogens with one attached hydrogen (secondary N) is 1. The predicted molar refractivity (Wildman–Crippen MR) is 119 cm³/mol. The third kappa shape index (κ3) is 5.05. The largest absolute Gasteiger partial charge is 0.484 e. The van der Waals surface area contributed by atoms with Crippen molar-refractivity contribution in [1.82, 2.24) is 10.3 Å². The quantitative estimate of drug-likeness (QED) is 0.543. The van der Waals surface area contributed by atoms with E-state index < -0.39 is 12.5 Å². The average molecular weight is 483 g/mol. The van der Waals surface area contributed by atoms with Gasteiger partial charge in [-0.1, -0.05) is 12.1 Å². The van der Waals surface area contributed by atoms with E-state index >= 15 is 0 Å². The number of carbonyl (C=O) groups excluding carboxylic acids is 1. The minimum atomic E-state index is -2.97. The monoisotopic (exact) mass is 483 g/mol. The van der Waals surface area contributed by atoms with Crippen LogP contribution in [0.4, 0.5) is 8.78 Å². The summed E-state index contributed by atoms with van der Waals surface area (Å²) in [6.07, 6.45) is 1.22. The van der Waals surface area contributed by atoms with Crippen LogP contribution in [-0.4, -0.2) is 43.4 Å². The number of nitriles is 1. The van der Waals surface area contributed by atoms with Crippen molar-refractivity contribution in [3.8, 4) is 17.6 Å². The van der Waals surface area contributed by atoms with Crippen LogP contribution >= 0.6 is 0 Å². The number of hydrogen-bond donors (Lipinski definition) is 1. The second kappa shape index (κ2) is 9.88. The van der Waals surface area contributed by atoms with E-state index in [1.807, 2.05) is 0 Å².